The summed E-state index contributed by atoms with van der Waals surface area (Å²) >= 11 is 11.8. The van der Waals surface area contributed by atoms with Crippen LogP contribution in [0.15, 0.2) is 18.2 Å². The molecule has 1 aromatic rings. The molecular weight excluding hydrogens is 317 g/mol. The minimum absolute atomic E-state index is 0.190. The standard InChI is InChI=1S/C14H11Cl2NO4/c1-2-21-12(19)10-9-11(18)17-13(20)14(9,10)6-3-4-7(15)8(16)5-6/h3-5,9-10H,2H2,1H3,(H,17,18,20)/t9-,10?,14+/m0/s1. The number of fused-ring (bicyclic) bond motifs is 1. The lowest BCUT2D eigenvalue weighted by molar-refractivity contribution is -0.148. The fraction of sp³-hybridized carbons (Fsp3) is 0.357. The molecule has 1 N–H and O–H groups in total. The van der Waals surface area contributed by atoms with Gasteiger partial charge >= 0.3 is 5.97 Å². The Bertz CT molecular complexity index is 675. The summed E-state index contributed by atoms with van der Waals surface area (Å²) in [5, 5.41) is 2.86. The molecular formula is C14H11Cl2NO4. The van der Waals surface area contributed by atoms with Gasteiger partial charge in [0.1, 0.15) is 5.41 Å². The van der Waals surface area contributed by atoms with Gasteiger partial charge in [0.05, 0.1) is 28.5 Å². The second-order valence-corrected chi connectivity index (χ2v) is 5.84. The van der Waals surface area contributed by atoms with Crippen LogP contribution in [0.25, 0.3) is 0 Å². The smallest absolute Gasteiger partial charge is 0.311 e. The van der Waals surface area contributed by atoms with E-state index in [0.29, 0.717) is 10.6 Å². The molecule has 1 aliphatic carbocycles. The third-order valence-corrected chi connectivity index (χ3v) is 4.78. The number of carbonyl (C=O) groups excluding carboxylic acids is 3. The average Bonchev–Trinajstić information content (AvgIpc) is 3.06. The monoisotopic (exact) mass is 327 g/mol. The van der Waals surface area contributed by atoms with Crippen molar-refractivity contribution in [2.75, 3.05) is 6.61 Å². The number of ether oxygens (including phenoxy) is 1. The highest BCUT2D eigenvalue weighted by Gasteiger charge is 2.81. The summed E-state index contributed by atoms with van der Waals surface area (Å²) in [5.41, 5.74) is -0.708. The summed E-state index contributed by atoms with van der Waals surface area (Å²) in [6.07, 6.45) is 0. The summed E-state index contributed by atoms with van der Waals surface area (Å²) in [5.74, 6) is -3.02. The number of nitrogens with one attached hydrogen (secondary N) is 1. The molecule has 7 heteroatoms. The second kappa shape index (κ2) is 4.71. The van der Waals surface area contributed by atoms with Crippen LogP contribution in [0.2, 0.25) is 10.0 Å². The molecule has 0 bridgehead atoms. The average molecular weight is 328 g/mol. The van der Waals surface area contributed by atoms with Gasteiger partial charge in [-0.25, -0.2) is 0 Å². The number of hydrogen-bond acceptors (Lipinski definition) is 4. The normalized spacial score (nSPS) is 29.9. The number of carbonyl (C=O) groups is 3. The first kappa shape index (κ1) is 14.4. The quantitative estimate of drug-likeness (QED) is 0.677. The van der Waals surface area contributed by atoms with Gasteiger partial charge in [0.15, 0.2) is 0 Å². The summed E-state index contributed by atoms with van der Waals surface area (Å²) < 4.78 is 4.97. The van der Waals surface area contributed by atoms with Crippen molar-refractivity contribution in [1.29, 1.82) is 0 Å². The van der Waals surface area contributed by atoms with Crippen molar-refractivity contribution in [3.63, 3.8) is 0 Å². The van der Waals surface area contributed by atoms with Gasteiger partial charge in [-0.3, -0.25) is 19.7 Å². The Balaban J connectivity index is 2.07. The van der Waals surface area contributed by atoms with E-state index in [1.807, 2.05) is 0 Å². The number of amides is 2. The van der Waals surface area contributed by atoms with E-state index in [1.54, 1.807) is 19.1 Å². The van der Waals surface area contributed by atoms with Gasteiger partial charge in [0.2, 0.25) is 11.8 Å². The molecule has 1 heterocycles. The molecule has 0 radical (unpaired) electrons. The maximum Gasteiger partial charge on any atom is 0.311 e. The summed E-state index contributed by atoms with van der Waals surface area (Å²) in [7, 11) is 0. The van der Waals surface area contributed by atoms with Crippen molar-refractivity contribution >= 4 is 41.0 Å². The summed E-state index contributed by atoms with van der Waals surface area (Å²) in [4.78, 5) is 36.2. The van der Waals surface area contributed by atoms with Crippen LogP contribution >= 0.6 is 23.2 Å². The first-order chi connectivity index (χ1) is 9.94. The van der Waals surface area contributed by atoms with Gasteiger partial charge in [-0.05, 0) is 24.6 Å². The molecule has 3 atom stereocenters. The molecule has 2 amide bonds. The van der Waals surface area contributed by atoms with Crippen molar-refractivity contribution < 1.29 is 19.1 Å². The van der Waals surface area contributed by atoms with Crippen LogP contribution < -0.4 is 5.32 Å². The first-order valence-corrected chi connectivity index (χ1v) is 7.17. The zero-order chi connectivity index (χ0) is 15.4. The molecule has 5 nitrogen and oxygen atoms in total. The van der Waals surface area contributed by atoms with E-state index in [4.69, 9.17) is 27.9 Å². The molecule has 2 aliphatic rings. The van der Waals surface area contributed by atoms with E-state index in [0.717, 1.165) is 0 Å². The first-order valence-electron chi connectivity index (χ1n) is 6.42. The fourth-order valence-electron chi connectivity index (χ4n) is 3.12. The zero-order valence-corrected chi connectivity index (χ0v) is 12.5. The van der Waals surface area contributed by atoms with Crippen molar-refractivity contribution in [3.05, 3.63) is 33.8 Å². The Morgan fingerprint density at radius 1 is 1.33 bits per heavy atom. The van der Waals surface area contributed by atoms with Crippen LogP contribution in [0, 0.1) is 11.8 Å². The van der Waals surface area contributed by atoms with Crippen LogP contribution in [0.1, 0.15) is 12.5 Å². The SMILES string of the molecule is CCOC(=O)C1[C@H]2C(=O)NC(=O)[C@@]12c1ccc(Cl)c(Cl)c1. The second-order valence-electron chi connectivity index (χ2n) is 5.02. The number of esters is 1. The number of halogens is 2. The lowest BCUT2D eigenvalue weighted by Crippen LogP contribution is -2.36. The molecule has 1 unspecified atom stereocenters. The van der Waals surface area contributed by atoms with Crippen molar-refractivity contribution in [3.8, 4) is 0 Å². The fourth-order valence-corrected chi connectivity index (χ4v) is 3.42. The zero-order valence-electron chi connectivity index (χ0n) is 11.0. The topological polar surface area (TPSA) is 72.5 Å². The van der Waals surface area contributed by atoms with Gasteiger partial charge in [0.25, 0.3) is 0 Å². The Kier molecular flexibility index (Phi) is 3.22. The highest BCUT2D eigenvalue weighted by molar-refractivity contribution is 6.42. The summed E-state index contributed by atoms with van der Waals surface area (Å²) in [6, 6.07) is 4.68. The van der Waals surface area contributed by atoms with E-state index in [2.05, 4.69) is 5.32 Å². The van der Waals surface area contributed by atoms with E-state index in [-0.39, 0.29) is 11.6 Å². The Labute approximate surface area is 130 Å². The number of imide groups is 1. The molecule has 1 saturated carbocycles. The Morgan fingerprint density at radius 2 is 2.05 bits per heavy atom. The molecule has 21 heavy (non-hydrogen) atoms. The minimum Gasteiger partial charge on any atom is -0.466 e. The number of hydrogen-bond donors (Lipinski definition) is 1. The van der Waals surface area contributed by atoms with E-state index in [9.17, 15) is 14.4 Å². The Hall–Kier alpha value is -1.59. The van der Waals surface area contributed by atoms with Gasteiger partial charge in [-0.2, -0.15) is 0 Å². The maximum absolute atomic E-state index is 12.2. The lowest BCUT2D eigenvalue weighted by atomic mass is 9.92. The lowest BCUT2D eigenvalue weighted by Gasteiger charge is -2.14. The molecule has 1 saturated heterocycles. The molecule has 2 fully saturated rings. The van der Waals surface area contributed by atoms with Crippen LogP contribution in [-0.4, -0.2) is 24.4 Å². The van der Waals surface area contributed by atoms with Crippen molar-refractivity contribution in [2.45, 2.75) is 12.3 Å². The number of benzene rings is 1. The molecule has 1 aliphatic heterocycles. The Morgan fingerprint density at radius 3 is 2.67 bits per heavy atom. The van der Waals surface area contributed by atoms with Crippen LogP contribution in [-0.2, 0) is 24.5 Å². The van der Waals surface area contributed by atoms with Gasteiger partial charge in [0, 0.05) is 0 Å². The summed E-state index contributed by atoms with van der Waals surface area (Å²) in [6.45, 7) is 1.86. The molecule has 0 spiro atoms. The predicted octanol–water partition coefficient (Wildman–Crippen LogP) is 1.70. The predicted molar refractivity (Wildman–Crippen MR) is 74.9 cm³/mol. The van der Waals surface area contributed by atoms with E-state index >= 15 is 0 Å². The van der Waals surface area contributed by atoms with Crippen molar-refractivity contribution in [1.82, 2.24) is 5.32 Å². The van der Waals surface area contributed by atoms with Crippen LogP contribution in [0.3, 0.4) is 0 Å². The largest absolute Gasteiger partial charge is 0.466 e. The van der Waals surface area contributed by atoms with E-state index < -0.39 is 35.0 Å². The van der Waals surface area contributed by atoms with Gasteiger partial charge in [-0.1, -0.05) is 29.3 Å². The van der Waals surface area contributed by atoms with Crippen LogP contribution in [0.5, 0.6) is 0 Å². The number of piperidine rings is 1. The third-order valence-electron chi connectivity index (χ3n) is 4.04. The minimum atomic E-state index is -1.21. The molecule has 0 aromatic heterocycles. The highest BCUT2D eigenvalue weighted by atomic mass is 35.5. The highest BCUT2D eigenvalue weighted by Crippen LogP contribution is 2.63. The molecule has 1 aromatic carbocycles. The van der Waals surface area contributed by atoms with Crippen molar-refractivity contribution in [2.24, 2.45) is 11.8 Å². The van der Waals surface area contributed by atoms with E-state index in [1.165, 1.54) is 6.07 Å². The van der Waals surface area contributed by atoms with Crippen LogP contribution in [0.4, 0.5) is 0 Å². The molecule has 3 rings (SSSR count). The molecule has 110 valence electrons. The van der Waals surface area contributed by atoms with Gasteiger partial charge in [-0.15, -0.1) is 0 Å². The van der Waals surface area contributed by atoms with Gasteiger partial charge < -0.3 is 4.74 Å². The number of rotatable bonds is 3. The maximum atomic E-state index is 12.2. The third kappa shape index (κ3) is 1.80.